The minimum atomic E-state index is 0.762. The molecular formula is C20H23NO2. The zero-order valence-corrected chi connectivity index (χ0v) is 13.8. The number of aryl methyl sites for hydroxylation is 2. The third-order valence-electron chi connectivity index (χ3n) is 4.12. The lowest BCUT2D eigenvalue weighted by atomic mass is 10.2. The number of rotatable bonds is 7. The van der Waals surface area contributed by atoms with Gasteiger partial charge in [-0.15, -0.1) is 0 Å². The Hall–Kier alpha value is -2.42. The van der Waals surface area contributed by atoms with Gasteiger partial charge in [-0.3, -0.25) is 0 Å². The molecule has 0 aliphatic carbocycles. The van der Waals surface area contributed by atoms with Crippen LogP contribution in [0.4, 0.5) is 0 Å². The molecular weight excluding hydrogens is 286 g/mol. The molecule has 23 heavy (non-hydrogen) atoms. The summed E-state index contributed by atoms with van der Waals surface area (Å²) in [6.07, 6.45) is 4.29. The molecule has 3 aromatic rings. The first-order chi connectivity index (χ1) is 11.3. The van der Waals surface area contributed by atoms with Crippen LogP contribution in [0.5, 0.6) is 11.5 Å². The summed E-state index contributed by atoms with van der Waals surface area (Å²) in [5.74, 6) is 1.90. The normalized spacial score (nSPS) is 10.9. The fraction of sp³-hybridized carbons (Fsp3) is 0.300. The zero-order valence-electron chi connectivity index (χ0n) is 13.8. The summed E-state index contributed by atoms with van der Waals surface area (Å²) in [6.45, 7) is 3.85. The molecule has 3 heteroatoms. The first-order valence-corrected chi connectivity index (χ1v) is 8.09. The summed E-state index contributed by atoms with van der Waals surface area (Å²) in [4.78, 5) is 0. The quantitative estimate of drug-likeness (QED) is 0.584. The molecule has 1 aromatic heterocycles. The van der Waals surface area contributed by atoms with Crippen molar-refractivity contribution >= 4 is 10.9 Å². The molecule has 0 radical (unpaired) electrons. The van der Waals surface area contributed by atoms with Crippen molar-refractivity contribution in [2.45, 2.75) is 26.3 Å². The lowest BCUT2D eigenvalue weighted by molar-refractivity contribution is 0.301. The summed E-state index contributed by atoms with van der Waals surface area (Å²) < 4.78 is 13.4. The number of aromatic nitrogens is 1. The molecule has 0 aliphatic rings. The third-order valence-corrected chi connectivity index (χ3v) is 4.12. The van der Waals surface area contributed by atoms with Crippen molar-refractivity contribution in [3.8, 4) is 11.5 Å². The maximum Gasteiger partial charge on any atom is 0.122 e. The van der Waals surface area contributed by atoms with E-state index < -0.39 is 0 Å². The average Bonchev–Trinajstić information content (AvgIpc) is 2.98. The van der Waals surface area contributed by atoms with Gasteiger partial charge in [-0.2, -0.15) is 0 Å². The van der Waals surface area contributed by atoms with Gasteiger partial charge in [0.25, 0.3) is 0 Å². The highest BCUT2D eigenvalue weighted by Crippen LogP contribution is 2.22. The molecule has 0 amide bonds. The summed E-state index contributed by atoms with van der Waals surface area (Å²) in [5, 5.41) is 1.22. The smallest absolute Gasteiger partial charge is 0.122 e. The van der Waals surface area contributed by atoms with E-state index in [2.05, 4.69) is 42.0 Å². The van der Waals surface area contributed by atoms with Crippen LogP contribution < -0.4 is 9.47 Å². The monoisotopic (exact) mass is 309 g/mol. The van der Waals surface area contributed by atoms with Crippen LogP contribution in [0, 0.1) is 6.92 Å². The zero-order chi connectivity index (χ0) is 16.1. The Morgan fingerprint density at radius 2 is 1.87 bits per heavy atom. The molecule has 0 atom stereocenters. The van der Waals surface area contributed by atoms with E-state index in [1.807, 2.05) is 24.3 Å². The molecule has 0 fully saturated rings. The fourth-order valence-corrected chi connectivity index (χ4v) is 2.78. The number of ether oxygens (including phenoxy) is 2. The Morgan fingerprint density at radius 1 is 1.00 bits per heavy atom. The molecule has 0 bridgehead atoms. The maximum atomic E-state index is 5.85. The van der Waals surface area contributed by atoms with E-state index in [9.17, 15) is 0 Å². The van der Waals surface area contributed by atoms with Crippen LogP contribution in [0.25, 0.3) is 10.9 Å². The molecule has 0 spiro atoms. The van der Waals surface area contributed by atoms with Crippen LogP contribution in [-0.4, -0.2) is 18.3 Å². The first-order valence-electron chi connectivity index (χ1n) is 8.09. The van der Waals surface area contributed by atoms with Gasteiger partial charge in [0, 0.05) is 23.6 Å². The second-order valence-electron chi connectivity index (χ2n) is 5.75. The molecule has 3 nitrogen and oxygen atoms in total. The van der Waals surface area contributed by atoms with E-state index in [4.69, 9.17) is 9.47 Å². The summed E-state index contributed by atoms with van der Waals surface area (Å²) in [5.41, 5.74) is 2.45. The van der Waals surface area contributed by atoms with Crippen LogP contribution in [-0.2, 0) is 6.54 Å². The first kappa shape index (κ1) is 15.5. The molecule has 3 rings (SSSR count). The molecule has 0 saturated carbocycles. The number of benzene rings is 2. The molecule has 2 aromatic carbocycles. The predicted octanol–water partition coefficient (Wildman–Crippen LogP) is 4.82. The van der Waals surface area contributed by atoms with E-state index in [0.717, 1.165) is 37.5 Å². The topological polar surface area (TPSA) is 23.4 Å². The Balaban J connectivity index is 1.50. The van der Waals surface area contributed by atoms with Crippen molar-refractivity contribution in [2.75, 3.05) is 13.7 Å². The van der Waals surface area contributed by atoms with Crippen molar-refractivity contribution in [1.82, 2.24) is 4.57 Å². The maximum absolute atomic E-state index is 5.85. The summed E-state index contributed by atoms with van der Waals surface area (Å²) in [6, 6.07) is 16.5. The predicted molar refractivity (Wildman–Crippen MR) is 94.4 cm³/mol. The minimum absolute atomic E-state index is 0.762. The van der Waals surface area contributed by atoms with Gasteiger partial charge >= 0.3 is 0 Å². The van der Waals surface area contributed by atoms with Crippen LogP contribution in [0.3, 0.4) is 0 Å². The largest absolute Gasteiger partial charge is 0.497 e. The van der Waals surface area contributed by atoms with Crippen LogP contribution >= 0.6 is 0 Å². The molecule has 120 valence electrons. The van der Waals surface area contributed by atoms with Gasteiger partial charge in [0.15, 0.2) is 0 Å². The number of hydrogen-bond acceptors (Lipinski definition) is 2. The van der Waals surface area contributed by atoms with Crippen LogP contribution in [0.1, 0.15) is 18.4 Å². The van der Waals surface area contributed by atoms with Gasteiger partial charge in [-0.05, 0) is 55.7 Å². The number of para-hydroxylation sites is 1. The molecule has 0 aliphatic heterocycles. The highest BCUT2D eigenvalue weighted by atomic mass is 16.5. The number of methoxy groups -OCH3 is 1. The Bertz CT molecular complexity index is 776. The van der Waals surface area contributed by atoms with Crippen molar-refractivity contribution < 1.29 is 9.47 Å². The Labute approximate surface area is 137 Å². The van der Waals surface area contributed by atoms with Crippen LogP contribution in [0.15, 0.2) is 54.7 Å². The van der Waals surface area contributed by atoms with Gasteiger partial charge in [0.1, 0.15) is 11.5 Å². The highest BCUT2D eigenvalue weighted by Gasteiger charge is 2.03. The molecule has 0 saturated heterocycles. The number of hydrogen-bond donors (Lipinski definition) is 0. The third kappa shape index (κ3) is 3.67. The highest BCUT2D eigenvalue weighted by molar-refractivity contribution is 5.81. The summed E-state index contributed by atoms with van der Waals surface area (Å²) >= 11 is 0. The van der Waals surface area contributed by atoms with Crippen molar-refractivity contribution in [3.05, 3.63) is 60.3 Å². The summed E-state index contributed by atoms with van der Waals surface area (Å²) in [7, 11) is 1.70. The van der Waals surface area contributed by atoms with Gasteiger partial charge in [-0.25, -0.2) is 0 Å². The van der Waals surface area contributed by atoms with Gasteiger partial charge in [0.05, 0.1) is 13.7 Å². The van der Waals surface area contributed by atoms with Crippen molar-refractivity contribution in [3.63, 3.8) is 0 Å². The lowest BCUT2D eigenvalue weighted by Gasteiger charge is -2.09. The van der Waals surface area contributed by atoms with Gasteiger partial charge in [0.2, 0.25) is 0 Å². The van der Waals surface area contributed by atoms with E-state index >= 15 is 0 Å². The molecule has 0 unspecified atom stereocenters. The van der Waals surface area contributed by atoms with Crippen molar-refractivity contribution in [2.24, 2.45) is 0 Å². The second kappa shape index (κ2) is 7.23. The Morgan fingerprint density at radius 3 is 2.70 bits per heavy atom. The number of nitrogens with zero attached hydrogens (tertiary/aromatic N) is 1. The average molecular weight is 309 g/mol. The number of fused-ring (bicyclic) bond motifs is 1. The lowest BCUT2D eigenvalue weighted by Crippen LogP contribution is -2.02. The fourth-order valence-electron chi connectivity index (χ4n) is 2.78. The Kier molecular flexibility index (Phi) is 4.86. The van der Waals surface area contributed by atoms with E-state index in [-0.39, 0.29) is 0 Å². The molecule has 1 heterocycles. The van der Waals surface area contributed by atoms with Gasteiger partial charge < -0.3 is 14.0 Å². The standard InChI is InChI=1S/C20H23NO2/c1-16-7-3-4-8-20(16)23-14-6-5-12-21-13-11-17-15-18(22-2)9-10-19(17)21/h3-4,7-11,13,15H,5-6,12,14H2,1-2H3. The number of unbranched alkanes of at least 4 members (excludes halogenated alkanes) is 1. The second-order valence-corrected chi connectivity index (χ2v) is 5.75. The van der Waals surface area contributed by atoms with Crippen molar-refractivity contribution in [1.29, 1.82) is 0 Å². The van der Waals surface area contributed by atoms with Gasteiger partial charge in [-0.1, -0.05) is 18.2 Å². The molecule has 0 N–H and O–H groups in total. The van der Waals surface area contributed by atoms with E-state index in [1.165, 1.54) is 16.5 Å². The van der Waals surface area contributed by atoms with Crippen LogP contribution in [0.2, 0.25) is 0 Å². The SMILES string of the molecule is COc1ccc2c(ccn2CCCCOc2ccccc2C)c1. The van der Waals surface area contributed by atoms with E-state index in [1.54, 1.807) is 7.11 Å². The van der Waals surface area contributed by atoms with E-state index in [0.29, 0.717) is 0 Å². The minimum Gasteiger partial charge on any atom is -0.497 e.